The maximum Gasteiger partial charge on any atom is 0.191 e. The Morgan fingerprint density at radius 3 is 2.69 bits per heavy atom. The highest BCUT2D eigenvalue weighted by Gasteiger charge is 2.04. The topological polar surface area (TPSA) is 67.1 Å². The Bertz CT molecular complexity index is 673. The van der Waals surface area contributed by atoms with Gasteiger partial charge in [-0.05, 0) is 24.5 Å². The van der Waals surface area contributed by atoms with Crippen molar-refractivity contribution in [3.63, 3.8) is 0 Å². The monoisotopic (exact) mass is 474 g/mol. The summed E-state index contributed by atoms with van der Waals surface area (Å²) in [7, 11) is 0. The predicted octanol–water partition coefficient (Wildman–Crippen LogP) is 2.79. The number of guanidine groups is 1. The Hall–Kier alpha value is -1.71. The van der Waals surface area contributed by atoms with Crippen LogP contribution in [-0.4, -0.2) is 40.4 Å². The van der Waals surface area contributed by atoms with E-state index >= 15 is 0 Å². The SMILES string of the molecule is CCCN=C(NCCc1ccccc1F)NCCn1cnnc1CC.I. The normalized spacial score (nSPS) is 11.1. The van der Waals surface area contributed by atoms with Gasteiger partial charge in [-0.2, -0.15) is 0 Å². The zero-order chi connectivity index (χ0) is 17.9. The van der Waals surface area contributed by atoms with Crippen molar-refractivity contribution in [1.82, 2.24) is 25.4 Å². The first kappa shape index (κ1) is 22.3. The standard InChI is InChI=1S/C18H27FN6.HI/c1-3-10-20-18(21-11-9-15-7-5-6-8-16(15)19)22-12-13-25-14-23-24-17(25)4-2;/h5-8,14H,3-4,9-13H2,1-2H3,(H2,20,21,22);1H. The van der Waals surface area contributed by atoms with E-state index in [4.69, 9.17) is 0 Å². The van der Waals surface area contributed by atoms with Crippen LogP contribution in [0.25, 0.3) is 0 Å². The molecule has 0 atom stereocenters. The summed E-state index contributed by atoms with van der Waals surface area (Å²) in [5.74, 6) is 1.56. The summed E-state index contributed by atoms with van der Waals surface area (Å²) in [6.07, 6.45) is 4.20. The highest BCUT2D eigenvalue weighted by molar-refractivity contribution is 14.0. The lowest BCUT2D eigenvalue weighted by Gasteiger charge is -2.13. The van der Waals surface area contributed by atoms with E-state index in [0.717, 1.165) is 44.3 Å². The van der Waals surface area contributed by atoms with Crippen LogP contribution in [0.3, 0.4) is 0 Å². The molecule has 0 aliphatic heterocycles. The van der Waals surface area contributed by atoms with Crippen LogP contribution in [0.15, 0.2) is 35.6 Å². The number of aliphatic imine (C=N–C) groups is 1. The molecule has 1 aromatic heterocycles. The largest absolute Gasteiger partial charge is 0.356 e. The van der Waals surface area contributed by atoms with Crippen LogP contribution < -0.4 is 10.6 Å². The summed E-state index contributed by atoms with van der Waals surface area (Å²) in [5, 5.41) is 14.6. The Morgan fingerprint density at radius 1 is 1.19 bits per heavy atom. The van der Waals surface area contributed by atoms with Crippen molar-refractivity contribution >= 4 is 29.9 Å². The number of hydrogen-bond acceptors (Lipinski definition) is 3. The zero-order valence-electron chi connectivity index (χ0n) is 15.4. The number of rotatable bonds is 9. The van der Waals surface area contributed by atoms with Crippen molar-refractivity contribution in [3.05, 3.63) is 47.8 Å². The van der Waals surface area contributed by atoms with E-state index in [2.05, 4.69) is 39.7 Å². The van der Waals surface area contributed by atoms with Gasteiger partial charge in [-0.1, -0.05) is 32.0 Å². The van der Waals surface area contributed by atoms with Crippen LogP contribution in [0.1, 0.15) is 31.7 Å². The number of nitrogens with one attached hydrogen (secondary N) is 2. The van der Waals surface area contributed by atoms with Crippen molar-refractivity contribution in [2.24, 2.45) is 4.99 Å². The fraction of sp³-hybridized carbons (Fsp3) is 0.500. The lowest BCUT2D eigenvalue weighted by atomic mass is 10.1. The van der Waals surface area contributed by atoms with E-state index in [1.54, 1.807) is 12.4 Å². The van der Waals surface area contributed by atoms with E-state index in [0.29, 0.717) is 18.5 Å². The van der Waals surface area contributed by atoms with Gasteiger partial charge in [-0.15, -0.1) is 34.2 Å². The van der Waals surface area contributed by atoms with Crippen molar-refractivity contribution in [1.29, 1.82) is 0 Å². The molecule has 8 heteroatoms. The molecule has 26 heavy (non-hydrogen) atoms. The average molecular weight is 474 g/mol. The fourth-order valence-electron chi connectivity index (χ4n) is 2.45. The molecule has 2 N–H and O–H groups in total. The van der Waals surface area contributed by atoms with Gasteiger partial charge in [0.1, 0.15) is 18.0 Å². The summed E-state index contributed by atoms with van der Waals surface area (Å²) in [4.78, 5) is 4.52. The maximum atomic E-state index is 13.7. The van der Waals surface area contributed by atoms with Gasteiger partial charge >= 0.3 is 0 Å². The van der Waals surface area contributed by atoms with Crippen LogP contribution in [0.2, 0.25) is 0 Å². The van der Waals surface area contributed by atoms with Gasteiger partial charge in [0.25, 0.3) is 0 Å². The molecule has 0 bridgehead atoms. The zero-order valence-corrected chi connectivity index (χ0v) is 17.7. The minimum Gasteiger partial charge on any atom is -0.356 e. The molecule has 1 heterocycles. The summed E-state index contributed by atoms with van der Waals surface area (Å²) < 4.78 is 15.7. The third kappa shape index (κ3) is 7.27. The lowest BCUT2D eigenvalue weighted by molar-refractivity contribution is 0.605. The van der Waals surface area contributed by atoms with Crippen molar-refractivity contribution in [3.8, 4) is 0 Å². The molecular weight excluding hydrogens is 446 g/mol. The number of aromatic nitrogens is 3. The molecule has 0 saturated heterocycles. The molecule has 0 radical (unpaired) electrons. The molecule has 1 aromatic carbocycles. The third-order valence-corrected chi connectivity index (χ3v) is 3.80. The van der Waals surface area contributed by atoms with Crippen LogP contribution in [0, 0.1) is 5.82 Å². The number of aryl methyl sites for hydroxylation is 1. The summed E-state index contributed by atoms with van der Waals surface area (Å²) in [6, 6.07) is 6.86. The van der Waals surface area contributed by atoms with Crippen LogP contribution >= 0.6 is 24.0 Å². The molecule has 0 fully saturated rings. The minimum absolute atomic E-state index is 0. The Balaban J connectivity index is 0.00000338. The van der Waals surface area contributed by atoms with Gasteiger partial charge < -0.3 is 15.2 Å². The molecule has 2 rings (SSSR count). The fourth-order valence-corrected chi connectivity index (χ4v) is 2.45. The molecule has 6 nitrogen and oxygen atoms in total. The first-order valence-corrected chi connectivity index (χ1v) is 8.86. The summed E-state index contributed by atoms with van der Waals surface area (Å²) >= 11 is 0. The summed E-state index contributed by atoms with van der Waals surface area (Å²) in [5.41, 5.74) is 0.710. The van der Waals surface area contributed by atoms with E-state index in [9.17, 15) is 4.39 Å². The second-order valence-electron chi connectivity index (χ2n) is 5.72. The number of nitrogens with zero attached hydrogens (tertiary/aromatic N) is 4. The van der Waals surface area contributed by atoms with Crippen LogP contribution in [0.4, 0.5) is 4.39 Å². The minimum atomic E-state index is -0.163. The highest BCUT2D eigenvalue weighted by Crippen LogP contribution is 2.06. The predicted molar refractivity (Wildman–Crippen MR) is 114 cm³/mol. The van der Waals surface area contributed by atoms with Crippen molar-refractivity contribution in [2.45, 2.75) is 39.7 Å². The first-order chi connectivity index (χ1) is 12.2. The molecule has 0 aliphatic rings. The molecule has 0 aliphatic carbocycles. The van der Waals surface area contributed by atoms with E-state index < -0.39 is 0 Å². The van der Waals surface area contributed by atoms with Gasteiger partial charge in [-0.25, -0.2) is 4.39 Å². The van der Waals surface area contributed by atoms with Gasteiger partial charge in [-0.3, -0.25) is 4.99 Å². The highest BCUT2D eigenvalue weighted by atomic mass is 127. The van der Waals surface area contributed by atoms with Crippen LogP contribution in [-0.2, 0) is 19.4 Å². The quantitative estimate of drug-likeness (QED) is 0.333. The van der Waals surface area contributed by atoms with E-state index in [-0.39, 0.29) is 29.8 Å². The average Bonchev–Trinajstić information content (AvgIpc) is 3.08. The summed E-state index contributed by atoms with van der Waals surface area (Å²) in [6.45, 7) is 7.03. The molecule has 0 amide bonds. The second-order valence-corrected chi connectivity index (χ2v) is 5.72. The van der Waals surface area contributed by atoms with Gasteiger partial charge in [0.2, 0.25) is 0 Å². The molecule has 0 spiro atoms. The Labute approximate surface area is 171 Å². The lowest BCUT2D eigenvalue weighted by Crippen LogP contribution is -2.40. The van der Waals surface area contributed by atoms with Crippen LogP contribution in [0.5, 0.6) is 0 Å². The molecule has 0 unspecified atom stereocenters. The van der Waals surface area contributed by atoms with E-state index in [1.807, 2.05) is 16.7 Å². The molecule has 2 aromatic rings. The van der Waals surface area contributed by atoms with Crippen molar-refractivity contribution in [2.75, 3.05) is 19.6 Å². The van der Waals surface area contributed by atoms with Gasteiger partial charge in [0.05, 0.1) is 0 Å². The number of hydrogen-bond donors (Lipinski definition) is 2. The Morgan fingerprint density at radius 2 is 1.96 bits per heavy atom. The Kier molecular flexibility index (Phi) is 10.8. The van der Waals surface area contributed by atoms with Gasteiger partial charge in [0.15, 0.2) is 5.96 Å². The molecule has 144 valence electrons. The smallest absolute Gasteiger partial charge is 0.191 e. The third-order valence-electron chi connectivity index (χ3n) is 3.80. The molecule has 0 saturated carbocycles. The maximum absolute atomic E-state index is 13.7. The number of halogens is 2. The van der Waals surface area contributed by atoms with E-state index in [1.165, 1.54) is 6.07 Å². The van der Waals surface area contributed by atoms with Crippen molar-refractivity contribution < 1.29 is 4.39 Å². The first-order valence-electron chi connectivity index (χ1n) is 8.86. The number of benzene rings is 1. The van der Waals surface area contributed by atoms with Gasteiger partial charge in [0, 0.05) is 32.6 Å². The molecular formula is C18H28FIN6. The second kappa shape index (κ2) is 12.6.